The third-order valence-electron chi connectivity index (χ3n) is 5.04. The fourth-order valence-electron chi connectivity index (χ4n) is 3.66. The minimum atomic E-state index is -0.212. The zero-order chi connectivity index (χ0) is 19.7. The van der Waals surface area contributed by atoms with Crippen molar-refractivity contribution in [2.45, 2.75) is 33.3 Å². The Kier molecular flexibility index (Phi) is 5.02. The Labute approximate surface area is 163 Å². The lowest BCUT2D eigenvalue weighted by atomic mass is 10.1. The van der Waals surface area contributed by atoms with Crippen LogP contribution in [-0.2, 0) is 16.3 Å². The zero-order valence-corrected chi connectivity index (χ0v) is 16.0. The van der Waals surface area contributed by atoms with E-state index in [4.69, 9.17) is 9.67 Å². The highest BCUT2D eigenvalue weighted by Crippen LogP contribution is 2.31. The van der Waals surface area contributed by atoms with Crippen molar-refractivity contribution < 1.29 is 19.4 Å². The van der Waals surface area contributed by atoms with E-state index in [1.54, 1.807) is 30.3 Å². The minimum Gasteiger partial charge on any atom is -0.441 e. The molecule has 1 fully saturated rings. The molecular formula is C21H23N3O4. The first-order valence-corrected chi connectivity index (χ1v) is 9.39. The van der Waals surface area contributed by atoms with Crippen LogP contribution in [0.15, 0.2) is 45.4 Å². The summed E-state index contributed by atoms with van der Waals surface area (Å²) in [5.41, 5.74) is 3.57. The molecule has 3 heterocycles. The SMILES string of the molecule is CC1=NN(c2cccc(COO)c2)C(=O)/C1=C/c1cc(C)c(N2CCCC2)o1. The summed E-state index contributed by atoms with van der Waals surface area (Å²) in [7, 11) is 0. The number of hydrogen-bond acceptors (Lipinski definition) is 6. The van der Waals surface area contributed by atoms with Gasteiger partial charge in [0.25, 0.3) is 5.91 Å². The maximum absolute atomic E-state index is 12.9. The summed E-state index contributed by atoms with van der Waals surface area (Å²) in [5.74, 6) is 1.33. The van der Waals surface area contributed by atoms with Crippen LogP contribution >= 0.6 is 0 Å². The molecule has 1 aromatic carbocycles. The minimum absolute atomic E-state index is 0.0478. The van der Waals surface area contributed by atoms with Crippen molar-refractivity contribution in [2.24, 2.45) is 5.10 Å². The molecule has 1 aromatic heterocycles. The average molecular weight is 381 g/mol. The molecule has 0 saturated carbocycles. The quantitative estimate of drug-likeness (QED) is 0.481. The molecule has 0 radical (unpaired) electrons. The first-order chi connectivity index (χ1) is 13.6. The van der Waals surface area contributed by atoms with Crippen LogP contribution in [0, 0.1) is 6.92 Å². The molecule has 7 nitrogen and oxygen atoms in total. The lowest BCUT2D eigenvalue weighted by molar-refractivity contribution is -0.253. The van der Waals surface area contributed by atoms with E-state index in [-0.39, 0.29) is 12.5 Å². The van der Waals surface area contributed by atoms with Gasteiger partial charge in [0, 0.05) is 18.7 Å². The van der Waals surface area contributed by atoms with Gasteiger partial charge in [0.1, 0.15) is 12.4 Å². The Hall–Kier alpha value is -2.90. The predicted molar refractivity (Wildman–Crippen MR) is 107 cm³/mol. The summed E-state index contributed by atoms with van der Waals surface area (Å²) >= 11 is 0. The predicted octanol–water partition coefficient (Wildman–Crippen LogP) is 3.98. The molecule has 1 amide bonds. The molecule has 0 unspecified atom stereocenters. The number of furan rings is 1. The second-order valence-corrected chi connectivity index (χ2v) is 7.13. The molecule has 28 heavy (non-hydrogen) atoms. The van der Waals surface area contributed by atoms with E-state index in [2.05, 4.69) is 14.9 Å². The van der Waals surface area contributed by atoms with Crippen LogP contribution < -0.4 is 9.91 Å². The zero-order valence-electron chi connectivity index (χ0n) is 16.0. The molecule has 7 heteroatoms. The van der Waals surface area contributed by atoms with Crippen LogP contribution in [0.25, 0.3) is 6.08 Å². The second kappa shape index (κ2) is 7.61. The molecule has 0 atom stereocenters. The molecule has 2 aliphatic rings. The topological polar surface area (TPSA) is 78.5 Å². The maximum atomic E-state index is 12.9. The molecular weight excluding hydrogens is 358 g/mol. The van der Waals surface area contributed by atoms with Crippen molar-refractivity contribution in [1.29, 1.82) is 0 Å². The van der Waals surface area contributed by atoms with Crippen LogP contribution in [-0.4, -0.2) is 30.0 Å². The van der Waals surface area contributed by atoms with E-state index in [9.17, 15) is 4.79 Å². The van der Waals surface area contributed by atoms with Gasteiger partial charge in [-0.05, 0) is 56.5 Å². The molecule has 0 aliphatic carbocycles. The first kappa shape index (κ1) is 18.5. The van der Waals surface area contributed by atoms with Gasteiger partial charge in [0.2, 0.25) is 0 Å². The van der Waals surface area contributed by atoms with Crippen molar-refractivity contribution in [1.82, 2.24) is 0 Å². The normalized spacial score (nSPS) is 18.5. The highest BCUT2D eigenvalue weighted by molar-refractivity contribution is 6.32. The van der Waals surface area contributed by atoms with Gasteiger partial charge in [-0.15, -0.1) is 0 Å². The lowest BCUT2D eigenvalue weighted by Crippen LogP contribution is -2.21. The van der Waals surface area contributed by atoms with Crippen LogP contribution in [0.4, 0.5) is 11.6 Å². The van der Waals surface area contributed by atoms with E-state index in [0.717, 1.165) is 30.1 Å². The van der Waals surface area contributed by atoms with Gasteiger partial charge in [-0.1, -0.05) is 12.1 Å². The van der Waals surface area contributed by atoms with Crippen LogP contribution in [0.2, 0.25) is 0 Å². The molecule has 146 valence electrons. The fraction of sp³-hybridized carbons (Fsp3) is 0.333. The Morgan fingerprint density at radius 1 is 1.25 bits per heavy atom. The highest BCUT2D eigenvalue weighted by Gasteiger charge is 2.29. The smallest absolute Gasteiger partial charge is 0.280 e. The number of anilines is 2. The van der Waals surface area contributed by atoms with Crippen molar-refractivity contribution in [2.75, 3.05) is 23.0 Å². The number of carbonyl (C=O) groups is 1. The highest BCUT2D eigenvalue weighted by atomic mass is 17.1. The number of aryl methyl sites for hydroxylation is 1. The van der Waals surface area contributed by atoms with Gasteiger partial charge < -0.3 is 9.32 Å². The van der Waals surface area contributed by atoms with Gasteiger partial charge in [0.05, 0.1) is 17.0 Å². The van der Waals surface area contributed by atoms with E-state index in [0.29, 0.717) is 22.7 Å². The lowest BCUT2D eigenvalue weighted by Gasteiger charge is -2.14. The van der Waals surface area contributed by atoms with Crippen LogP contribution in [0.3, 0.4) is 0 Å². The van der Waals surface area contributed by atoms with Gasteiger partial charge >= 0.3 is 0 Å². The molecule has 1 saturated heterocycles. The summed E-state index contributed by atoms with van der Waals surface area (Å²) in [6, 6.07) is 9.11. The number of benzene rings is 1. The number of hydrogen-bond donors (Lipinski definition) is 1. The Morgan fingerprint density at radius 2 is 2.04 bits per heavy atom. The molecule has 2 aromatic rings. The number of nitrogens with zero attached hydrogens (tertiary/aromatic N) is 3. The summed E-state index contributed by atoms with van der Waals surface area (Å²) < 4.78 is 6.03. The molecule has 0 bridgehead atoms. The van der Waals surface area contributed by atoms with E-state index in [1.807, 2.05) is 19.9 Å². The third kappa shape index (κ3) is 3.46. The fourth-order valence-corrected chi connectivity index (χ4v) is 3.66. The van der Waals surface area contributed by atoms with Crippen LogP contribution in [0.1, 0.15) is 36.7 Å². The van der Waals surface area contributed by atoms with Crippen molar-refractivity contribution in [3.8, 4) is 0 Å². The Morgan fingerprint density at radius 3 is 2.79 bits per heavy atom. The summed E-state index contributed by atoms with van der Waals surface area (Å²) in [6.45, 7) is 5.89. The van der Waals surface area contributed by atoms with E-state index >= 15 is 0 Å². The van der Waals surface area contributed by atoms with Gasteiger partial charge in [-0.3, -0.25) is 10.1 Å². The second-order valence-electron chi connectivity index (χ2n) is 7.13. The van der Waals surface area contributed by atoms with Crippen LogP contribution in [0.5, 0.6) is 0 Å². The first-order valence-electron chi connectivity index (χ1n) is 9.39. The Balaban J connectivity index is 1.60. The average Bonchev–Trinajstić information content (AvgIpc) is 3.38. The summed E-state index contributed by atoms with van der Waals surface area (Å²) in [5, 5.41) is 14.4. The van der Waals surface area contributed by atoms with Gasteiger partial charge in [-0.25, -0.2) is 4.89 Å². The van der Waals surface area contributed by atoms with Gasteiger partial charge in [-0.2, -0.15) is 10.1 Å². The van der Waals surface area contributed by atoms with Crippen molar-refractivity contribution in [3.63, 3.8) is 0 Å². The van der Waals surface area contributed by atoms with Crippen molar-refractivity contribution in [3.05, 3.63) is 52.8 Å². The number of amides is 1. The molecule has 2 aliphatic heterocycles. The molecule has 4 rings (SSSR count). The standard InChI is InChI=1S/C21H23N3O4/c1-14-10-18(28-21(14)23-8-3-4-9-23)12-19-15(2)22-24(20(19)25)17-7-5-6-16(11-17)13-27-26/h5-7,10-12,26H,3-4,8-9,13H2,1-2H3/b19-12+. The molecule has 0 spiro atoms. The Bertz CT molecular complexity index is 954. The van der Waals surface area contributed by atoms with Crippen molar-refractivity contribution >= 4 is 29.3 Å². The third-order valence-corrected chi connectivity index (χ3v) is 5.04. The molecule has 1 N–H and O–H groups in total. The van der Waals surface area contributed by atoms with E-state index < -0.39 is 0 Å². The number of rotatable bonds is 5. The van der Waals surface area contributed by atoms with E-state index in [1.165, 1.54) is 17.9 Å². The number of carbonyl (C=O) groups excluding carboxylic acids is 1. The number of hydrazone groups is 1. The summed E-state index contributed by atoms with van der Waals surface area (Å²) in [6.07, 6.45) is 4.11. The largest absolute Gasteiger partial charge is 0.441 e. The monoisotopic (exact) mass is 381 g/mol. The van der Waals surface area contributed by atoms with Gasteiger partial charge in [0.15, 0.2) is 5.88 Å². The maximum Gasteiger partial charge on any atom is 0.280 e. The summed E-state index contributed by atoms with van der Waals surface area (Å²) in [4.78, 5) is 19.4.